The molecule has 4 heteroatoms. The molecule has 2 aliphatic carbocycles. The molecule has 2 N–H and O–H groups in total. The first kappa shape index (κ1) is 14.4. The van der Waals surface area contributed by atoms with E-state index in [9.17, 15) is 4.79 Å². The lowest BCUT2D eigenvalue weighted by molar-refractivity contribution is -0.133. The Morgan fingerprint density at radius 2 is 1.67 bits per heavy atom. The second-order valence-corrected chi connectivity index (χ2v) is 6.32. The van der Waals surface area contributed by atoms with Crippen LogP contribution in [0.3, 0.4) is 0 Å². The Morgan fingerprint density at radius 1 is 1.10 bits per heavy atom. The molecule has 0 radical (unpaired) electrons. The van der Waals surface area contributed by atoms with Crippen molar-refractivity contribution in [3.8, 4) is 5.75 Å². The maximum Gasteiger partial charge on any atom is 0.260 e. The molecule has 0 unspecified atom stereocenters. The van der Waals surface area contributed by atoms with Crippen molar-refractivity contribution in [3.05, 3.63) is 29.8 Å². The minimum absolute atomic E-state index is 0.122. The lowest BCUT2D eigenvalue weighted by Crippen LogP contribution is -2.38. The molecule has 21 heavy (non-hydrogen) atoms. The number of hydrogen-bond donors (Lipinski definition) is 1. The largest absolute Gasteiger partial charge is 0.484 e. The highest BCUT2D eigenvalue weighted by Gasteiger charge is 2.31. The number of amides is 1. The van der Waals surface area contributed by atoms with Gasteiger partial charge in [-0.1, -0.05) is 12.1 Å². The summed E-state index contributed by atoms with van der Waals surface area (Å²) in [6.07, 6.45) is 5.09. The molecule has 0 aromatic heterocycles. The molecule has 2 fully saturated rings. The Labute approximate surface area is 126 Å². The second kappa shape index (κ2) is 6.48. The summed E-state index contributed by atoms with van der Waals surface area (Å²) in [5, 5.41) is 0. The molecular weight excluding hydrogens is 264 g/mol. The summed E-state index contributed by atoms with van der Waals surface area (Å²) in [4.78, 5) is 14.4. The summed E-state index contributed by atoms with van der Waals surface area (Å²) in [6.45, 7) is 2.51. The van der Waals surface area contributed by atoms with Crippen LogP contribution in [0.2, 0.25) is 0 Å². The maximum absolute atomic E-state index is 12.3. The van der Waals surface area contributed by atoms with Gasteiger partial charge in [0.1, 0.15) is 5.75 Å². The standard InChI is InChI=1S/C17H24N2O2/c18-9-13-5-7-16(8-6-13)21-12-17(20)19(10-14-1-2-14)11-15-3-4-15/h5-8,14-15H,1-4,9-12,18H2. The fraction of sp³-hybridized carbons (Fsp3) is 0.588. The van der Waals surface area contributed by atoms with Crippen LogP contribution in [0.4, 0.5) is 0 Å². The molecule has 0 aliphatic heterocycles. The highest BCUT2D eigenvalue weighted by molar-refractivity contribution is 5.77. The van der Waals surface area contributed by atoms with Gasteiger partial charge in [0.25, 0.3) is 5.91 Å². The molecule has 2 aliphatic rings. The Balaban J connectivity index is 1.49. The monoisotopic (exact) mass is 288 g/mol. The van der Waals surface area contributed by atoms with E-state index < -0.39 is 0 Å². The smallest absolute Gasteiger partial charge is 0.260 e. The van der Waals surface area contributed by atoms with E-state index in [1.54, 1.807) is 0 Å². The van der Waals surface area contributed by atoms with Crippen LogP contribution in [-0.4, -0.2) is 30.5 Å². The van der Waals surface area contributed by atoms with E-state index in [0.717, 1.165) is 36.2 Å². The number of nitrogens with zero attached hydrogens (tertiary/aromatic N) is 1. The molecular formula is C17H24N2O2. The van der Waals surface area contributed by atoms with Gasteiger partial charge in [-0.3, -0.25) is 4.79 Å². The number of nitrogens with two attached hydrogens (primary N) is 1. The van der Waals surface area contributed by atoms with Gasteiger partial charge >= 0.3 is 0 Å². The van der Waals surface area contributed by atoms with Gasteiger partial charge in [-0.25, -0.2) is 0 Å². The quantitative estimate of drug-likeness (QED) is 0.797. The van der Waals surface area contributed by atoms with E-state index in [4.69, 9.17) is 10.5 Å². The molecule has 2 saturated carbocycles. The summed E-state index contributed by atoms with van der Waals surface area (Å²) in [5.41, 5.74) is 6.63. The lowest BCUT2D eigenvalue weighted by atomic mass is 10.2. The van der Waals surface area contributed by atoms with Crippen molar-refractivity contribution in [2.45, 2.75) is 32.2 Å². The van der Waals surface area contributed by atoms with Crippen LogP contribution in [0, 0.1) is 11.8 Å². The number of carbonyl (C=O) groups excluding carboxylic acids is 1. The predicted molar refractivity (Wildman–Crippen MR) is 81.9 cm³/mol. The normalized spacial score (nSPS) is 17.6. The first-order valence-electron chi connectivity index (χ1n) is 7.94. The number of hydrogen-bond acceptors (Lipinski definition) is 3. The van der Waals surface area contributed by atoms with E-state index >= 15 is 0 Å². The predicted octanol–water partition coefficient (Wildman–Crippen LogP) is 2.17. The zero-order valence-corrected chi connectivity index (χ0v) is 12.5. The minimum Gasteiger partial charge on any atom is -0.484 e. The third kappa shape index (κ3) is 4.46. The molecule has 0 bridgehead atoms. The highest BCUT2D eigenvalue weighted by Crippen LogP contribution is 2.33. The molecule has 1 amide bonds. The fourth-order valence-corrected chi connectivity index (χ4v) is 2.46. The molecule has 0 atom stereocenters. The summed E-state index contributed by atoms with van der Waals surface area (Å²) >= 11 is 0. The topological polar surface area (TPSA) is 55.6 Å². The van der Waals surface area contributed by atoms with Crippen LogP contribution in [0.5, 0.6) is 5.75 Å². The lowest BCUT2D eigenvalue weighted by Gasteiger charge is -2.22. The van der Waals surface area contributed by atoms with Crippen molar-refractivity contribution >= 4 is 5.91 Å². The van der Waals surface area contributed by atoms with E-state index in [-0.39, 0.29) is 12.5 Å². The second-order valence-electron chi connectivity index (χ2n) is 6.32. The van der Waals surface area contributed by atoms with Crippen LogP contribution < -0.4 is 10.5 Å². The maximum atomic E-state index is 12.3. The average Bonchev–Trinajstić information content (AvgIpc) is 3.40. The molecule has 0 heterocycles. The Bertz CT molecular complexity index is 464. The SMILES string of the molecule is NCc1ccc(OCC(=O)N(CC2CC2)CC2CC2)cc1. The Kier molecular flexibility index (Phi) is 4.44. The molecule has 3 rings (SSSR count). The Hall–Kier alpha value is -1.55. The summed E-state index contributed by atoms with van der Waals surface area (Å²) in [5.74, 6) is 2.32. The van der Waals surface area contributed by atoms with Crippen LogP contribution in [0.15, 0.2) is 24.3 Å². The molecule has 0 saturated heterocycles. The third-order valence-electron chi connectivity index (χ3n) is 4.23. The van der Waals surface area contributed by atoms with Gasteiger partial charge < -0.3 is 15.4 Å². The fourth-order valence-electron chi connectivity index (χ4n) is 2.46. The summed E-state index contributed by atoms with van der Waals surface area (Å²) in [7, 11) is 0. The van der Waals surface area contributed by atoms with Crippen LogP contribution in [0.1, 0.15) is 31.2 Å². The van der Waals surface area contributed by atoms with E-state index in [2.05, 4.69) is 0 Å². The van der Waals surface area contributed by atoms with Crippen molar-refractivity contribution in [1.82, 2.24) is 4.90 Å². The molecule has 0 spiro atoms. The number of ether oxygens (including phenoxy) is 1. The van der Waals surface area contributed by atoms with Crippen molar-refractivity contribution < 1.29 is 9.53 Å². The van der Waals surface area contributed by atoms with E-state index in [0.29, 0.717) is 6.54 Å². The van der Waals surface area contributed by atoms with Gasteiger partial charge in [0, 0.05) is 19.6 Å². The summed E-state index contributed by atoms with van der Waals surface area (Å²) < 4.78 is 5.62. The number of benzene rings is 1. The summed E-state index contributed by atoms with van der Waals surface area (Å²) in [6, 6.07) is 7.63. The van der Waals surface area contributed by atoms with Crippen molar-refractivity contribution in [3.63, 3.8) is 0 Å². The van der Waals surface area contributed by atoms with Crippen LogP contribution in [0.25, 0.3) is 0 Å². The van der Waals surface area contributed by atoms with Crippen molar-refractivity contribution in [1.29, 1.82) is 0 Å². The third-order valence-corrected chi connectivity index (χ3v) is 4.23. The van der Waals surface area contributed by atoms with Gasteiger partial charge in [0.2, 0.25) is 0 Å². The first-order valence-corrected chi connectivity index (χ1v) is 7.94. The Morgan fingerprint density at radius 3 is 2.14 bits per heavy atom. The number of carbonyl (C=O) groups is 1. The van der Waals surface area contributed by atoms with Gasteiger partial charge in [-0.2, -0.15) is 0 Å². The van der Waals surface area contributed by atoms with Gasteiger partial charge in [0.05, 0.1) is 0 Å². The van der Waals surface area contributed by atoms with Gasteiger partial charge in [0.15, 0.2) is 6.61 Å². The zero-order chi connectivity index (χ0) is 14.7. The molecule has 1 aromatic rings. The van der Waals surface area contributed by atoms with Crippen molar-refractivity contribution in [2.75, 3.05) is 19.7 Å². The van der Waals surface area contributed by atoms with Crippen molar-refractivity contribution in [2.24, 2.45) is 17.6 Å². The van der Waals surface area contributed by atoms with Crippen LogP contribution >= 0.6 is 0 Å². The minimum atomic E-state index is 0.122. The molecule has 4 nitrogen and oxygen atoms in total. The first-order chi connectivity index (χ1) is 10.2. The highest BCUT2D eigenvalue weighted by atomic mass is 16.5. The van der Waals surface area contributed by atoms with E-state index in [1.807, 2.05) is 29.2 Å². The molecule has 1 aromatic carbocycles. The zero-order valence-electron chi connectivity index (χ0n) is 12.5. The number of rotatable bonds is 8. The van der Waals surface area contributed by atoms with Gasteiger partial charge in [-0.05, 0) is 55.2 Å². The average molecular weight is 288 g/mol. The van der Waals surface area contributed by atoms with Crippen LogP contribution in [-0.2, 0) is 11.3 Å². The van der Waals surface area contributed by atoms with E-state index in [1.165, 1.54) is 25.7 Å². The van der Waals surface area contributed by atoms with Gasteiger partial charge in [-0.15, -0.1) is 0 Å². The molecule has 114 valence electrons.